The van der Waals surface area contributed by atoms with Gasteiger partial charge in [-0.25, -0.2) is 12.8 Å². The van der Waals surface area contributed by atoms with E-state index in [-0.39, 0.29) is 34.1 Å². The number of amides is 2. The predicted octanol–water partition coefficient (Wildman–Crippen LogP) is 3.38. The molecule has 11 heteroatoms. The standard InChI is InChI=1S/C25H29ClFN3O5S/c26-22-14-20(18-6-2-1-3-7-18)13-21(23(22)27)24(31)28-29-36(33,34)16-17-5-4-10-30(15-17)25(32)19-8-11-35-12-9-19/h1-3,6-7,13-14,17,19,29H,4-5,8-12,15-16H2,(H,28,31). The maximum atomic E-state index is 14.6. The molecule has 36 heavy (non-hydrogen) atoms. The zero-order chi connectivity index (χ0) is 25.7. The highest BCUT2D eigenvalue weighted by Crippen LogP contribution is 2.28. The number of ether oxygens (including phenoxy) is 1. The van der Waals surface area contributed by atoms with E-state index in [2.05, 4.69) is 10.3 Å². The summed E-state index contributed by atoms with van der Waals surface area (Å²) < 4.78 is 45.3. The second kappa shape index (κ2) is 11.7. The zero-order valence-corrected chi connectivity index (χ0v) is 21.3. The molecule has 0 bridgehead atoms. The predicted molar refractivity (Wildman–Crippen MR) is 134 cm³/mol. The summed E-state index contributed by atoms with van der Waals surface area (Å²) in [6, 6.07) is 11.7. The summed E-state index contributed by atoms with van der Waals surface area (Å²) in [5.41, 5.74) is 2.96. The molecule has 2 aromatic carbocycles. The Morgan fingerprint density at radius 2 is 1.81 bits per heavy atom. The van der Waals surface area contributed by atoms with E-state index < -0.39 is 21.7 Å². The quantitative estimate of drug-likeness (QED) is 0.527. The topological polar surface area (TPSA) is 105 Å². The van der Waals surface area contributed by atoms with Crippen LogP contribution in [0.25, 0.3) is 11.1 Å². The van der Waals surface area contributed by atoms with Gasteiger partial charge in [-0.2, -0.15) is 0 Å². The van der Waals surface area contributed by atoms with Gasteiger partial charge in [0.1, 0.15) is 0 Å². The van der Waals surface area contributed by atoms with Crippen molar-refractivity contribution in [3.63, 3.8) is 0 Å². The van der Waals surface area contributed by atoms with Crippen LogP contribution in [0.15, 0.2) is 42.5 Å². The van der Waals surface area contributed by atoms with E-state index in [4.69, 9.17) is 16.3 Å². The third-order valence-corrected chi connectivity index (χ3v) is 8.15. The number of carbonyl (C=O) groups is 2. The van der Waals surface area contributed by atoms with Crippen molar-refractivity contribution in [2.24, 2.45) is 11.8 Å². The number of hydrogen-bond donors (Lipinski definition) is 2. The Hall–Kier alpha value is -2.53. The summed E-state index contributed by atoms with van der Waals surface area (Å²) in [7, 11) is -3.94. The van der Waals surface area contributed by atoms with Crippen LogP contribution in [0.2, 0.25) is 5.02 Å². The van der Waals surface area contributed by atoms with Gasteiger partial charge >= 0.3 is 0 Å². The molecule has 0 aliphatic carbocycles. The Kier molecular flexibility index (Phi) is 8.61. The van der Waals surface area contributed by atoms with Gasteiger partial charge in [-0.15, -0.1) is 4.83 Å². The van der Waals surface area contributed by atoms with Gasteiger partial charge in [-0.1, -0.05) is 41.9 Å². The number of carbonyl (C=O) groups excluding carboxylic acids is 2. The van der Waals surface area contributed by atoms with Crippen molar-refractivity contribution < 1.29 is 27.1 Å². The molecule has 4 rings (SSSR count). The first-order valence-electron chi connectivity index (χ1n) is 11.9. The van der Waals surface area contributed by atoms with Crippen LogP contribution in [0.5, 0.6) is 0 Å². The van der Waals surface area contributed by atoms with E-state index in [0.717, 1.165) is 5.56 Å². The van der Waals surface area contributed by atoms with Crippen molar-refractivity contribution in [3.05, 3.63) is 58.9 Å². The first kappa shape index (κ1) is 26.5. The normalized spacial score (nSPS) is 19.2. The Labute approximate surface area is 215 Å². The van der Waals surface area contributed by atoms with E-state index in [9.17, 15) is 22.4 Å². The van der Waals surface area contributed by atoms with Crippen LogP contribution >= 0.6 is 11.6 Å². The molecule has 2 fully saturated rings. The number of piperidine rings is 1. The van der Waals surface area contributed by atoms with Crippen LogP contribution in [-0.2, 0) is 19.6 Å². The van der Waals surface area contributed by atoms with E-state index >= 15 is 0 Å². The number of hydrogen-bond acceptors (Lipinski definition) is 5. The average Bonchev–Trinajstić information content (AvgIpc) is 2.89. The average molecular weight is 538 g/mol. The minimum Gasteiger partial charge on any atom is -0.381 e. The number of rotatable bonds is 7. The molecular formula is C25H29ClFN3O5S. The van der Waals surface area contributed by atoms with Crippen LogP contribution < -0.4 is 10.3 Å². The smallest absolute Gasteiger partial charge is 0.269 e. The van der Waals surface area contributed by atoms with Crippen LogP contribution in [0.3, 0.4) is 0 Å². The molecule has 0 aromatic heterocycles. The molecule has 2 aliphatic heterocycles. The molecule has 0 radical (unpaired) electrons. The van der Waals surface area contributed by atoms with Gasteiger partial charge in [0.2, 0.25) is 15.9 Å². The lowest BCUT2D eigenvalue weighted by atomic mass is 9.95. The SMILES string of the molecule is O=C(NNS(=O)(=O)CC1CCCN(C(=O)C2CCOCC2)C1)c1cc(-c2ccccc2)cc(Cl)c1F. The molecule has 2 amide bonds. The lowest BCUT2D eigenvalue weighted by molar-refractivity contribution is -0.140. The van der Waals surface area contributed by atoms with Crippen molar-refractivity contribution in [1.29, 1.82) is 0 Å². The molecule has 2 N–H and O–H groups in total. The molecule has 1 unspecified atom stereocenters. The molecule has 2 heterocycles. The fraction of sp³-hybridized carbons (Fsp3) is 0.440. The van der Waals surface area contributed by atoms with Crippen molar-refractivity contribution in [2.45, 2.75) is 25.7 Å². The van der Waals surface area contributed by atoms with E-state index in [1.807, 2.05) is 6.07 Å². The third-order valence-electron chi connectivity index (χ3n) is 6.56. The van der Waals surface area contributed by atoms with Gasteiger partial charge in [0.05, 0.1) is 16.3 Å². The van der Waals surface area contributed by atoms with Crippen LogP contribution in [0, 0.1) is 17.7 Å². The third kappa shape index (κ3) is 6.61. The Balaban J connectivity index is 1.37. The molecule has 2 aliphatic rings. The van der Waals surface area contributed by atoms with Crippen molar-refractivity contribution in [1.82, 2.24) is 15.2 Å². The fourth-order valence-corrected chi connectivity index (χ4v) is 6.14. The second-order valence-corrected chi connectivity index (χ2v) is 11.4. The highest BCUT2D eigenvalue weighted by molar-refractivity contribution is 7.89. The zero-order valence-electron chi connectivity index (χ0n) is 19.7. The molecule has 0 spiro atoms. The number of benzene rings is 2. The first-order valence-corrected chi connectivity index (χ1v) is 14.0. The van der Waals surface area contributed by atoms with Gasteiger partial charge in [0.25, 0.3) is 5.91 Å². The summed E-state index contributed by atoms with van der Waals surface area (Å²) in [5.74, 6) is -2.48. The second-order valence-electron chi connectivity index (χ2n) is 9.20. The number of nitrogens with one attached hydrogen (secondary N) is 2. The first-order chi connectivity index (χ1) is 17.2. The van der Waals surface area contributed by atoms with Crippen molar-refractivity contribution >= 4 is 33.4 Å². The van der Waals surface area contributed by atoms with Crippen molar-refractivity contribution in [3.8, 4) is 11.1 Å². The molecule has 2 aromatic rings. The number of halogens is 2. The summed E-state index contributed by atoms with van der Waals surface area (Å²) in [6.45, 7) is 2.07. The maximum absolute atomic E-state index is 14.6. The van der Waals surface area contributed by atoms with E-state index in [1.54, 1.807) is 29.2 Å². The molecule has 8 nitrogen and oxygen atoms in total. The van der Waals surface area contributed by atoms with Gasteiger partial charge in [0, 0.05) is 32.2 Å². The molecule has 1 atom stereocenters. The van der Waals surface area contributed by atoms with Gasteiger partial charge < -0.3 is 9.64 Å². The summed E-state index contributed by atoms with van der Waals surface area (Å²) in [5, 5.41) is -0.249. The summed E-state index contributed by atoms with van der Waals surface area (Å²) in [6.07, 6.45) is 2.71. The van der Waals surface area contributed by atoms with Crippen LogP contribution in [0.4, 0.5) is 4.39 Å². The lowest BCUT2D eigenvalue weighted by Crippen LogP contribution is -2.48. The number of sulfonamides is 1. The van der Waals surface area contributed by atoms with Gasteiger partial charge in [0.15, 0.2) is 5.82 Å². The minimum absolute atomic E-state index is 0.0484. The maximum Gasteiger partial charge on any atom is 0.269 e. The van der Waals surface area contributed by atoms with E-state index in [0.29, 0.717) is 57.6 Å². The molecule has 0 saturated carbocycles. The lowest BCUT2D eigenvalue weighted by Gasteiger charge is -2.35. The number of hydrazine groups is 1. The summed E-state index contributed by atoms with van der Waals surface area (Å²) >= 11 is 5.99. The van der Waals surface area contributed by atoms with Gasteiger partial charge in [-0.05, 0) is 54.9 Å². The van der Waals surface area contributed by atoms with Crippen LogP contribution in [0.1, 0.15) is 36.0 Å². The molecule has 2 saturated heterocycles. The van der Waals surface area contributed by atoms with Gasteiger partial charge in [-0.3, -0.25) is 15.0 Å². The van der Waals surface area contributed by atoms with E-state index in [1.165, 1.54) is 12.1 Å². The highest BCUT2D eigenvalue weighted by atomic mass is 35.5. The monoisotopic (exact) mass is 537 g/mol. The van der Waals surface area contributed by atoms with Crippen LogP contribution in [-0.4, -0.2) is 57.2 Å². The van der Waals surface area contributed by atoms with Crippen molar-refractivity contribution in [2.75, 3.05) is 32.1 Å². The molecular weight excluding hydrogens is 509 g/mol. The largest absolute Gasteiger partial charge is 0.381 e. The highest BCUT2D eigenvalue weighted by Gasteiger charge is 2.32. The Bertz CT molecular complexity index is 1210. The Morgan fingerprint density at radius 3 is 2.53 bits per heavy atom. The fourth-order valence-electron chi connectivity index (χ4n) is 4.70. The number of nitrogens with zero attached hydrogens (tertiary/aromatic N) is 1. The summed E-state index contributed by atoms with van der Waals surface area (Å²) in [4.78, 5) is 29.3. The number of likely N-dealkylation sites (tertiary alicyclic amines) is 1. The molecule has 194 valence electrons. The Morgan fingerprint density at radius 1 is 1.08 bits per heavy atom. The minimum atomic E-state index is -3.94.